The Bertz CT molecular complexity index is 1390. The summed E-state index contributed by atoms with van der Waals surface area (Å²) in [5.74, 6) is -0.740. The van der Waals surface area contributed by atoms with Gasteiger partial charge in [0.25, 0.3) is 5.56 Å². The monoisotopic (exact) mass is 523 g/mol. The van der Waals surface area contributed by atoms with Crippen molar-refractivity contribution in [3.63, 3.8) is 0 Å². The lowest BCUT2D eigenvalue weighted by atomic mass is 10.2. The summed E-state index contributed by atoms with van der Waals surface area (Å²) in [6.45, 7) is 8.54. The third-order valence-corrected chi connectivity index (χ3v) is 5.42. The topological polar surface area (TPSA) is 118 Å². The zero-order valence-corrected chi connectivity index (χ0v) is 21.8. The first-order chi connectivity index (χ1) is 18.1. The lowest BCUT2D eigenvalue weighted by Crippen LogP contribution is -2.47. The first-order valence-electron chi connectivity index (χ1n) is 12.2. The molecule has 1 heterocycles. The molecular weight excluding hydrogens is 490 g/mol. The molecule has 1 N–H and O–H groups in total. The van der Waals surface area contributed by atoms with Gasteiger partial charge in [0.05, 0.1) is 17.5 Å². The number of carbonyl (C=O) groups is 2. The summed E-state index contributed by atoms with van der Waals surface area (Å²) in [6.07, 6.45) is 0.480. The molecule has 0 saturated carbocycles. The van der Waals surface area contributed by atoms with Crippen LogP contribution in [-0.4, -0.2) is 39.4 Å². The lowest BCUT2D eigenvalue weighted by Gasteiger charge is -2.23. The van der Waals surface area contributed by atoms with Crippen molar-refractivity contribution in [2.24, 2.45) is 0 Å². The molecule has 2 aromatic carbocycles. The molecule has 1 aromatic heterocycles. The Labute approximate surface area is 220 Å². The molecular formula is C28H33N3O7. The van der Waals surface area contributed by atoms with Crippen molar-refractivity contribution >= 4 is 23.0 Å². The van der Waals surface area contributed by atoms with E-state index in [1.54, 1.807) is 45.0 Å². The van der Waals surface area contributed by atoms with Crippen LogP contribution in [0.2, 0.25) is 0 Å². The molecule has 1 unspecified atom stereocenters. The van der Waals surface area contributed by atoms with E-state index in [0.29, 0.717) is 10.9 Å². The van der Waals surface area contributed by atoms with Crippen molar-refractivity contribution in [1.29, 1.82) is 0 Å². The second kappa shape index (κ2) is 12.9. The van der Waals surface area contributed by atoms with Gasteiger partial charge in [-0.2, -0.15) is 0 Å². The van der Waals surface area contributed by atoms with E-state index in [1.165, 1.54) is 10.6 Å². The van der Waals surface area contributed by atoms with Gasteiger partial charge in [-0.25, -0.2) is 14.4 Å². The van der Waals surface area contributed by atoms with Gasteiger partial charge in [-0.1, -0.05) is 55.1 Å². The Balaban J connectivity index is 1.87. The third kappa shape index (κ3) is 7.66. The first kappa shape index (κ1) is 28.4. The summed E-state index contributed by atoms with van der Waals surface area (Å²) in [4.78, 5) is 51.6. The van der Waals surface area contributed by atoms with Gasteiger partial charge in [0.2, 0.25) is 0 Å². The first-order valence-corrected chi connectivity index (χ1v) is 12.2. The second-order valence-corrected chi connectivity index (χ2v) is 9.55. The average Bonchev–Trinajstić information content (AvgIpc) is 2.88. The van der Waals surface area contributed by atoms with Crippen molar-refractivity contribution in [1.82, 2.24) is 14.5 Å². The lowest BCUT2D eigenvalue weighted by molar-refractivity contribution is -0.145. The average molecular weight is 524 g/mol. The minimum atomic E-state index is -1.16. The summed E-state index contributed by atoms with van der Waals surface area (Å²) in [5, 5.41) is 2.80. The normalized spacial score (nSPS) is 12.1. The van der Waals surface area contributed by atoms with E-state index in [4.69, 9.17) is 14.2 Å². The number of esters is 1. The minimum absolute atomic E-state index is 0.0627. The van der Waals surface area contributed by atoms with Gasteiger partial charge >= 0.3 is 17.8 Å². The van der Waals surface area contributed by atoms with Crippen LogP contribution in [-0.2, 0) is 38.9 Å². The molecule has 0 radical (unpaired) electrons. The molecule has 3 rings (SSSR count). The number of nitrogens with zero attached hydrogens (tertiary/aromatic N) is 2. The Morgan fingerprint density at radius 2 is 1.71 bits per heavy atom. The van der Waals surface area contributed by atoms with Crippen LogP contribution in [0.1, 0.15) is 32.8 Å². The number of rotatable bonds is 11. The largest absolute Gasteiger partial charge is 0.460 e. The molecule has 0 saturated heterocycles. The molecule has 0 aliphatic rings. The van der Waals surface area contributed by atoms with E-state index in [2.05, 4.69) is 11.9 Å². The van der Waals surface area contributed by atoms with Crippen molar-refractivity contribution in [3.8, 4) is 0 Å². The van der Waals surface area contributed by atoms with Crippen molar-refractivity contribution in [3.05, 3.63) is 93.7 Å². The van der Waals surface area contributed by atoms with Gasteiger partial charge in [-0.3, -0.25) is 13.9 Å². The van der Waals surface area contributed by atoms with E-state index >= 15 is 0 Å². The summed E-state index contributed by atoms with van der Waals surface area (Å²) < 4.78 is 18.5. The summed E-state index contributed by atoms with van der Waals surface area (Å²) in [5.41, 5.74) is -0.534. The SMILES string of the molecule is C=CCOC(=O)C(CCn1c(=O)c2ccccc2n(COCc2ccccc2)c1=O)NC(=O)OC(C)(C)C. The fourth-order valence-electron chi connectivity index (χ4n) is 3.72. The Morgan fingerprint density at radius 1 is 1.03 bits per heavy atom. The molecule has 3 aromatic rings. The number of para-hydroxylation sites is 1. The molecule has 0 aliphatic heterocycles. The molecule has 0 aliphatic carbocycles. The van der Waals surface area contributed by atoms with E-state index < -0.39 is 35.0 Å². The second-order valence-electron chi connectivity index (χ2n) is 9.55. The van der Waals surface area contributed by atoms with Crippen LogP contribution in [0.25, 0.3) is 10.9 Å². The highest BCUT2D eigenvalue weighted by molar-refractivity contribution is 5.81. The highest BCUT2D eigenvalue weighted by atomic mass is 16.6. The van der Waals surface area contributed by atoms with Crippen LogP contribution in [0.4, 0.5) is 4.79 Å². The number of alkyl carbamates (subject to hydrolysis) is 1. The Hall–Kier alpha value is -4.18. The Kier molecular flexibility index (Phi) is 9.61. The van der Waals surface area contributed by atoms with E-state index in [9.17, 15) is 19.2 Å². The quantitative estimate of drug-likeness (QED) is 0.303. The number of carbonyl (C=O) groups excluding carboxylic acids is 2. The molecule has 0 fully saturated rings. The van der Waals surface area contributed by atoms with Gasteiger partial charge in [-0.15, -0.1) is 0 Å². The molecule has 38 heavy (non-hydrogen) atoms. The van der Waals surface area contributed by atoms with Crippen molar-refractivity contribution in [2.75, 3.05) is 6.61 Å². The van der Waals surface area contributed by atoms with Gasteiger partial charge in [0.15, 0.2) is 0 Å². The number of nitrogens with one attached hydrogen (secondary N) is 1. The van der Waals surface area contributed by atoms with Crippen LogP contribution >= 0.6 is 0 Å². The number of amides is 1. The van der Waals surface area contributed by atoms with E-state index in [0.717, 1.165) is 10.1 Å². The number of fused-ring (bicyclic) bond motifs is 1. The predicted molar refractivity (Wildman–Crippen MR) is 143 cm³/mol. The smallest absolute Gasteiger partial charge is 0.408 e. The van der Waals surface area contributed by atoms with Crippen LogP contribution in [0.5, 0.6) is 0 Å². The van der Waals surface area contributed by atoms with E-state index in [-0.39, 0.29) is 32.9 Å². The summed E-state index contributed by atoms with van der Waals surface area (Å²) >= 11 is 0. The Morgan fingerprint density at radius 3 is 2.39 bits per heavy atom. The minimum Gasteiger partial charge on any atom is -0.460 e. The zero-order valence-electron chi connectivity index (χ0n) is 21.8. The molecule has 202 valence electrons. The van der Waals surface area contributed by atoms with E-state index in [1.807, 2.05) is 30.3 Å². The maximum atomic E-state index is 13.4. The number of ether oxygens (including phenoxy) is 3. The highest BCUT2D eigenvalue weighted by Gasteiger charge is 2.26. The van der Waals surface area contributed by atoms with Crippen LogP contribution < -0.4 is 16.6 Å². The van der Waals surface area contributed by atoms with Crippen molar-refractivity contribution in [2.45, 2.75) is 58.7 Å². The molecule has 1 amide bonds. The number of hydrogen-bond acceptors (Lipinski definition) is 7. The van der Waals surface area contributed by atoms with Gasteiger partial charge in [-0.05, 0) is 44.9 Å². The molecule has 1 atom stereocenters. The predicted octanol–water partition coefficient (Wildman–Crippen LogP) is 3.35. The van der Waals surface area contributed by atoms with Crippen LogP contribution in [0.15, 0.2) is 76.8 Å². The number of benzene rings is 2. The zero-order chi connectivity index (χ0) is 27.7. The van der Waals surface area contributed by atoms with Crippen molar-refractivity contribution < 1.29 is 23.8 Å². The molecule has 0 bridgehead atoms. The fraction of sp³-hybridized carbons (Fsp3) is 0.357. The summed E-state index contributed by atoms with van der Waals surface area (Å²) in [7, 11) is 0. The maximum Gasteiger partial charge on any atom is 0.408 e. The number of aromatic nitrogens is 2. The standard InChI is InChI=1S/C28H33N3O7/c1-5-17-37-25(33)22(29-26(34)38-28(2,3)4)15-16-30-24(32)21-13-9-10-14-23(21)31(27(30)35)19-36-18-20-11-7-6-8-12-20/h5-14,22H,1,15-19H2,2-4H3,(H,29,34). The maximum absolute atomic E-state index is 13.4. The van der Waals surface area contributed by atoms with Gasteiger partial charge in [0, 0.05) is 6.54 Å². The molecule has 0 spiro atoms. The third-order valence-electron chi connectivity index (χ3n) is 5.42. The van der Waals surface area contributed by atoms with Crippen LogP contribution in [0.3, 0.4) is 0 Å². The highest BCUT2D eigenvalue weighted by Crippen LogP contribution is 2.11. The number of hydrogen-bond donors (Lipinski definition) is 1. The van der Waals surface area contributed by atoms with Gasteiger partial charge < -0.3 is 19.5 Å². The summed E-state index contributed by atoms with van der Waals surface area (Å²) in [6, 6.07) is 15.1. The molecule has 10 heteroatoms. The van der Waals surface area contributed by atoms with Crippen LogP contribution in [0, 0.1) is 0 Å². The van der Waals surface area contributed by atoms with Gasteiger partial charge in [0.1, 0.15) is 25.0 Å². The molecule has 10 nitrogen and oxygen atoms in total. The fourth-order valence-corrected chi connectivity index (χ4v) is 3.72.